The third-order valence-electron chi connectivity index (χ3n) is 4.03. The molecular formula is C12H14F4N2. The fourth-order valence-electron chi connectivity index (χ4n) is 3.16. The second-order valence-electron chi connectivity index (χ2n) is 5.67. The van der Waals surface area contributed by atoms with E-state index in [2.05, 4.69) is 5.10 Å². The molecule has 1 aromatic heterocycles. The van der Waals surface area contributed by atoms with Crippen molar-refractivity contribution in [2.45, 2.75) is 51.0 Å². The van der Waals surface area contributed by atoms with Gasteiger partial charge in [-0.2, -0.15) is 18.3 Å². The summed E-state index contributed by atoms with van der Waals surface area (Å²) in [6.45, 7) is 4.81. The molecule has 0 bridgehead atoms. The van der Waals surface area contributed by atoms with Gasteiger partial charge in [0.2, 0.25) is 0 Å². The zero-order valence-corrected chi connectivity index (χ0v) is 10.3. The Hall–Kier alpha value is -1.07. The van der Waals surface area contributed by atoms with Crippen molar-refractivity contribution in [2.24, 2.45) is 5.92 Å². The summed E-state index contributed by atoms with van der Waals surface area (Å²) in [5.41, 5.74) is -2.32. The molecule has 1 aromatic rings. The van der Waals surface area contributed by atoms with E-state index >= 15 is 0 Å². The first kappa shape index (κ1) is 12.0. The Morgan fingerprint density at radius 1 is 1.39 bits per heavy atom. The summed E-state index contributed by atoms with van der Waals surface area (Å²) < 4.78 is 54.7. The normalized spacial score (nSPS) is 33.8. The first-order valence-corrected chi connectivity index (χ1v) is 6.04. The quantitative estimate of drug-likeness (QED) is 0.704. The Kier molecular flexibility index (Phi) is 2.05. The van der Waals surface area contributed by atoms with Crippen molar-refractivity contribution in [3.8, 4) is 0 Å². The fraction of sp³-hybridized carbons (Fsp3) is 0.750. The molecule has 0 radical (unpaired) electrons. The van der Waals surface area contributed by atoms with Crippen LogP contribution in [-0.4, -0.2) is 9.78 Å². The van der Waals surface area contributed by atoms with Gasteiger partial charge in [-0.15, -0.1) is 0 Å². The van der Waals surface area contributed by atoms with E-state index in [1.807, 2.05) is 0 Å². The largest absolute Gasteiger partial charge is 0.435 e. The lowest BCUT2D eigenvalue weighted by Crippen LogP contribution is -2.22. The molecule has 1 fully saturated rings. The average Bonchev–Trinajstić information content (AvgIpc) is 2.82. The standard InChI is InChI=1S/C12H14F4N2/c1-5(2)18-10-8(9(17-18)12(14,15)16)6-4-7(6)11(10,3)13/h5-7H,4H2,1-3H3. The number of halogens is 4. The molecule has 2 aliphatic carbocycles. The lowest BCUT2D eigenvalue weighted by Gasteiger charge is -2.21. The monoisotopic (exact) mass is 262 g/mol. The van der Waals surface area contributed by atoms with Crippen molar-refractivity contribution < 1.29 is 17.6 Å². The van der Waals surface area contributed by atoms with Crippen LogP contribution in [0.4, 0.5) is 17.6 Å². The van der Waals surface area contributed by atoms with Gasteiger partial charge in [0.15, 0.2) is 11.4 Å². The van der Waals surface area contributed by atoms with Crippen LogP contribution in [0, 0.1) is 5.92 Å². The summed E-state index contributed by atoms with van der Waals surface area (Å²) in [7, 11) is 0. The first-order chi connectivity index (χ1) is 8.15. The third kappa shape index (κ3) is 1.32. The van der Waals surface area contributed by atoms with Crippen LogP contribution in [0.15, 0.2) is 0 Å². The maximum Gasteiger partial charge on any atom is 0.435 e. The van der Waals surface area contributed by atoms with Gasteiger partial charge in [-0.1, -0.05) is 0 Å². The van der Waals surface area contributed by atoms with Crippen LogP contribution in [0.1, 0.15) is 56.1 Å². The molecule has 0 spiro atoms. The number of nitrogens with zero attached hydrogens (tertiary/aromatic N) is 2. The summed E-state index contributed by atoms with van der Waals surface area (Å²) in [4.78, 5) is 0. The van der Waals surface area contributed by atoms with Gasteiger partial charge < -0.3 is 0 Å². The molecule has 1 saturated carbocycles. The van der Waals surface area contributed by atoms with Crippen LogP contribution in [0.5, 0.6) is 0 Å². The molecule has 3 atom stereocenters. The first-order valence-electron chi connectivity index (χ1n) is 6.04. The number of alkyl halides is 4. The summed E-state index contributed by atoms with van der Waals surface area (Å²) in [5, 5.41) is 3.63. The van der Waals surface area contributed by atoms with Gasteiger partial charge in [-0.05, 0) is 33.1 Å². The molecule has 0 aliphatic heterocycles. The van der Waals surface area contributed by atoms with Crippen molar-refractivity contribution in [1.82, 2.24) is 9.78 Å². The van der Waals surface area contributed by atoms with Crippen LogP contribution in [-0.2, 0) is 11.8 Å². The minimum absolute atomic E-state index is 0.103. The molecule has 3 rings (SSSR count). The molecule has 2 nitrogen and oxygen atoms in total. The molecule has 100 valence electrons. The molecule has 1 heterocycles. The Morgan fingerprint density at radius 2 is 2.00 bits per heavy atom. The number of hydrogen-bond acceptors (Lipinski definition) is 1. The molecule has 0 saturated heterocycles. The number of rotatable bonds is 1. The molecule has 18 heavy (non-hydrogen) atoms. The van der Waals surface area contributed by atoms with Gasteiger partial charge in [0, 0.05) is 17.5 Å². The van der Waals surface area contributed by atoms with Gasteiger partial charge in [0.1, 0.15) is 0 Å². The Labute approximate surface area is 102 Å². The summed E-state index contributed by atoms with van der Waals surface area (Å²) in [6, 6.07) is -0.276. The van der Waals surface area contributed by atoms with E-state index in [1.165, 1.54) is 11.6 Å². The molecule has 2 aliphatic rings. The van der Waals surface area contributed by atoms with E-state index in [0.717, 1.165) is 0 Å². The van der Waals surface area contributed by atoms with Crippen LogP contribution >= 0.6 is 0 Å². The highest BCUT2D eigenvalue weighted by Gasteiger charge is 2.65. The van der Waals surface area contributed by atoms with E-state index in [1.54, 1.807) is 13.8 Å². The van der Waals surface area contributed by atoms with Crippen molar-refractivity contribution in [2.75, 3.05) is 0 Å². The van der Waals surface area contributed by atoms with Gasteiger partial charge in [-0.25, -0.2) is 4.39 Å². The average molecular weight is 262 g/mol. The van der Waals surface area contributed by atoms with Gasteiger partial charge in [0.25, 0.3) is 0 Å². The molecule has 0 aromatic carbocycles. The van der Waals surface area contributed by atoms with E-state index in [-0.39, 0.29) is 29.1 Å². The molecule has 6 heteroatoms. The topological polar surface area (TPSA) is 17.8 Å². The fourth-order valence-corrected chi connectivity index (χ4v) is 3.16. The Balaban J connectivity index is 2.26. The predicted molar refractivity (Wildman–Crippen MR) is 56.9 cm³/mol. The third-order valence-corrected chi connectivity index (χ3v) is 4.03. The zero-order valence-electron chi connectivity index (χ0n) is 10.3. The number of aromatic nitrogens is 2. The number of fused-ring (bicyclic) bond motifs is 3. The van der Waals surface area contributed by atoms with E-state index in [9.17, 15) is 17.6 Å². The SMILES string of the molecule is CC(C)n1nc(C(F)(F)F)c2c1C(C)(F)C1CC21. The molecule has 3 unspecified atom stereocenters. The second kappa shape index (κ2) is 3.08. The van der Waals surface area contributed by atoms with Gasteiger partial charge in [0.05, 0.1) is 5.69 Å². The van der Waals surface area contributed by atoms with Crippen LogP contribution in [0.2, 0.25) is 0 Å². The molecular weight excluding hydrogens is 248 g/mol. The minimum Gasteiger partial charge on any atom is -0.263 e. The van der Waals surface area contributed by atoms with E-state index in [4.69, 9.17) is 0 Å². The van der Waals surface area contributed by atoms with Crippen molar-refractivity contribution in [3.63, 3.8) is 0 Å². The van der Waals surface area contributed by atoms with Crippen molar-refractivity contribution in [1.29, 1.82) is 0 Å². The highest BCUT2D eigenvalue weighted by molar-refractivity contribution is 5.47. The van der Waals surface area contributed by atoms with E-state index < -0.39 is 17.5 Å². The smallest absolute Gasteiger partial charge is 0.263 e. The summed E-state index contributed by atoms with van der Waals surface area (Å²) in [5.74, 6) is -0.587. The summed E-state index contributed by atoms with van der Waals surface area (Å²) in [6.07, 6.45) is -4.00. The van der Waals surface area contributed by atoms with Crippen molar-refractivity contribution in [3.05, 3.63) is 17.0 Å². The highest BCUT2D eigenvalue weighted by Crippen LogP contribution is 2.68. The van der Waals surface area contributed by atoms with Crippen LogP contribution in [0.25, 0.3) is 0 Å². The van der Waals surface area contributed by atoms with E-state index in [0.29, 0.717) is 6.42 Å². The maximum atomic E-state index is 14.6. The highest BCUT2D eigenvalue weighted by atomic mass is 19.4. The lowest BCUT2D eigenvalue weighted by molar-refractivity contribution is -0.142. The number of hydrogen-bond donors (Lipinski definition) is 0. The maximum absolute atomic E-state index is 14.6. The lowest BCUT2D eigenvalue weighted by atomic mass is 10.0. The van der Waals surface area contributed by atoms with Gasteiger partial charge in [-0.3, -0.25) is 4.68 Å². The van der Waals surface area contributed by atoms with Crippen molar-refractivity contribution >= 4 is 0 Å². The second-order valence-corrected chi connectivity index (χ2v) is 5.67. The summed E-state index contributed by atoms with van der Waals surface area (Å²) >= 11 is 0. The molecule has 0 N–H and O–H groups in total. The van der Waals surface area contributed by atoms with Crippen LogP contribution < -0.4 is 0 Å². The predicted octanol–water partition coefficient (Wildman–Crippen LogP) is 3.78. The van der Waals surface area contributed by atoms with Crippen LogP contribution in [0.3, 0.4) is 0 Å². The van der Waals surface area contributed by atoms with Gasteiger partial charge >= 0.3 is 6.18 Å². The Bertz CT molecular complexity index is 513. The molecule has 0 amide bonds. The Morgan fingerprint density at radius 3 is 2.50 bits per heavy atom. The zero-order chi connectivity index (χ0) is 13.5. The minimum atomic E-state index is -4.50.